The largest absolute Gasteiger partial charge is 0.187 e. The zero-order chi connectivity index (χ0) is 0. The number of hydrogen-bond acceptors (Lipinski definition) is 0. The SMILES string of the molecule is [AlH3].[Co].[Fe].[Ni].[Ti].[V].[Zr]. The van der Waals surface area contributed by atoms with E-state index >= 15 is 0 Å². The van der Waals surface area contributed by atoms with Gasteiger partial charge in [-0.1, -0.05) is 0 Å². The van der Waals surface area contributed by atoms with Crippen LogP contribution in [0.15, 0.2) is 0 Å². The van der Waals surface area contributed by atoms with E-state index in [1.807, 2.05) is 0 Å². The third-order valence-electron chi connectivity index (χ3n) is 0. The van der Waals surface area contributed by atoms with Gasteiger partial charge in [0.15, 0.2) is 17.4 Å². The van der Waals surface area contributed by atoms with Gasteiger partial charge in [-0.15, -0.1) is 0 Å². The summed E-state index contributed by atoms with van der Waals surface area (Å²) in [6.07, 6.45) is 0. The third-order valence-corrected chi connectivity index (χ3v) is 0. The number of hydrogen-bond donors (Lipinski definition) is 0. The first-order valence-corrected chi connectivity index (χ1v) is 0. The smallest absolute Gasteiger partial charge is 0 e. The van der Waals surface area contributed by atoms with E-state index in [-0.39, 0.29) is 134 Å². The minimum absolute atomic E-state index is 0. The summed E-state index contributed by atoms with van der Waals surface area (Å²) in [7, 11) is 0. The first-order chi connectivity index (χ1) is 0. The summed E-state index contributed by atoms with van der Waals surface area (Å²) in [6.45, 7) is 0. The van der Waals surface area contributed by atoms with Crippen molar-refractivity contribution in [3.05, 3.63) is 0 Å². The molecule has 0 atom stereocenters. The van der Waals surface area contributed by atoms with Gasteiger partial charge in [-0.25, -0.2) is 0 Å². The molecule has 0 rings (SSSR count). The second-order valence-corrected chi connectivity index (χ2v) is 0. The quantitative estimate of drug-likeness (QED) is 0.454. The Morgan fingerprint density at radius 2 is 1.00 bits per heavy atom. The maximum absolute atomic E-state index is 0. The first-order valence-electron chi connectivity index (χ1n) is 0. The van der Waals surface area contributed by atoms with Crippen LogP contribution in [-0.4, -0.2) is 17.4 Å². The van der Waals surface area contributed by atoms with E-state index in [1.54, 1.807) is 0 Å². The van der Waals surface area contributed by atoms with E-state index in [4.69, 9.17) is 0 Å². The van der Waals surface area contributed by atoms with Crippen LogP contribution in [0.4, 0.5) is 0 Å². The van der Waals surface area contributed by atoms with Crippen LogP contribution < -0.4 is 0 Å². The predicted octanol–water partition coefficient (Wildman–Crippen LogP) is -1.20. The maximum Gasteiger partial charge on any atom is 0.187 e. The molecule has 0 amide bonds. The van der Waals surface area contributed by atoms with Gasteiger partial charge in [-0.2, -0.15) is 0 Å². The third kappa shape index (κ3) is 38.7. The monoisotopic (exact) mass is 392 g/mol. The molecule has 0 aromatic heterocycles. The summed E-state index contributed by atoms with van der Waals surface area (Å²) < 4.78 is 0. The average molecular weight is 394 g/mol. The standard InChI is InChI=1S/Al.Co.Fe.Ni.Ti.V.Zr.3H. The molecule has 0 aromatic carbocycles. The molecule has 0 N–H and O–H groups in total. The molecule has 0 saturated heterocycles. The van der Waals surface area contributed by atoms with Gasteiger partial charge in [0.25, 0.3) is 0 Å². The molecule has 0 aliphatic heterocycles. The summed E-state index contributed by atoms with van der Waals surface area (Å²) in [6, 6.07) is 0. The molecular formula is H3AlCoFeNiTiVZr. The molecule has 2 radical (unpaired) electrons. The van der Waals surface area contributed by atoms with E-state index in [9.17, 15) is 0 Å². The summed E-state index contributed by atoms with van der Waals surface area (Å²) in [4.78, 5) is 0. The van der Waals surface area contributed by atoms with Crippen molar-refractivity contribution in [1.29, 1.82) is 0 Å². The zero-order valence-electron chi connectivity index (χ0n) is 2.45. The fourth-order valence-corrected chi connectivity index (χ4v) is 0. The van der Waals surface area contributed by atoms with Crippen LogP contribution in [-0.2, 0) is 117 Å². The van der Waals surface area contributed by atoms with Crippen LogP contribution in [0.25, 0.3) is 0 Å². The number of rotatable bonds is 0. The fraction of sp³-hybridized carbons (Fsp3) is 0. The molecule has 0 saturated carbocycles. The molecule has 0 nitrogen and oxygen atoms in total. The Labute approximate surface area is 131 Å². The second kappa shape index (κ2) is 48.7. The molecule has 0 heterocycles. The van der Waals surface area contributed by atoms with Crippen molar-refractivity contribution in [2.75, 3.05) is 0 Å². The Kier molecular flexibility index (Phi) is 456. The van der Waals surface area contributed by atoms with Gasteiger partial charge in [-0.3, -0.25) is 0 Å². The van der Waals surface area contributed by atoms with E-state index in [1.165, 1.54) is 0 Å². The molecule has 0 bridgehead atoms. The van der Waals surface area contributed by atoms with Crippen LogP contribution in [0.2, 0.25) is 0 Å². The molecule has 0 aromatic rings. The van der Waals surface area contributed by atoms with E-state index in [0.717, 1.165) is 0 Å². The van der Waals surface area contributed by atoms with Gasteiger partial charge < -0.3 is 0 Å². The van der Waals surface area contributed by atoms with Crippen molar-refractivity contribution in [1.82, 2.24) is 0 Å². The molecular weight excluding hydrogens is 390 g/mol. The Morgan fingerprint density at radius 1 is 1.00 bits per heavy atom. The second-order valence-electron chi connectivity index (χ2n) is 0. The van der Waals surface area contributed by atoms with E-state index < -0.39 is 0 Å². The van der Waals surface area contributed by atoms with Crippen molar-refractivity contribution >= 4 is 17.4 Å². The molecule has 7 heteroatoms. The van der Waals surface area contributed by atoms with E-state index in [2.05, 4.69) is 0 Å². The van der Waals surface area contributed by atoms with Crippen molar-refractivity contribution in [2.24, 2.45) is 0 Å². The van der Waals surface area contributed by atoms with Crippen molar-refractivity contribution in [3.63, 3.8) is 0 Å². The van der Waals surface area contributed by atoms with Gasteiger partial charge in [0.2, 0.25) is 0 Å². The molecule has 46 valence electrons. The van der Waals surface area contributed by atoms with Gasteiger partial charge in [0.05, 0.1) is 0 Å². The van der Waals surface area contributed by atoms with Gasteiger partial charge in [0, 0.05) is 117 Å². The van der Waals surface area contributed by atoms with Crippen molar-refractivity contribution < 1.29 is 117 Å². The molecule has 0 spiro atoms. The van der Waals surface area contributed by atoms with Gasteiger partial charge >= 0.3 is 0 Å². The Hall–Kier alpha value is 4.23. The average Bonchev–Trinajstić information content (AvgIpc) is 0. The normalized spacial score (nSPS) is 0. The van der Waals surface area contributed by atoms with Crippen LogP contribution in [0.1, 0.15) is 0 Å². The molecule has 0 unspecified atom stereocenters. The summed E-state index contributed by atoms with van der Waals surface area (Å²) in [5, 5.41) is 0. The topological polar surface area (TPSA) is 0 Å². The molecule has 7 heavy (non-hydrogen) atoms. The summed E-state index contributed by atoms with van der Waals surface area (Å²) in [5.41, 5.74) is 0. The van der Waals surface area contributed by atoms with Gasteiger partial charge in [0.1, 0.15) is 0 Å². The van der Waals surface area contributed by atoms with Crippen LogP contribution in [0.3, 0.4) is 0 Å². The van der Waals surface area contributed by atoms with Gasteiger partial charge in [-0.05, 0) is 0 Å². The van der Waals surface area contributed by atoms with Crippen LogP contribution in [0, 0.1) is 0 Å². The Bertz CT molecular complexity index is 19.7. The zero-order valence-corrected chi connectivity index (χ0v) is 11.0. The predicted molar refractivity (Wildman–Crippen MR) is 9.94 cm³/mol. The van der Waals surface area contributed by atoms with Crippen LogP contribution >= 0.6 is 0 Å². The van der Waals surface area contributed by atoms with Crippen molar-refractivity contribution in [3.8, 4) is 0 Å². The molecule has 0 aliphatic carbocycles. The maximum atomic E-state index is 0. The van der Waals surface area contributed by atoms with E-state index in [0.29, 0.717) is 0 Å². The molecule has 0 aliphatic rings. The first kappa shape index (κ1) is 65.6. The van der Waals surface area contributed by atoms with Crippen molar-refractivity contribution in [2.45, 2.75) is 0 Å². The minimum atomic E-state index is 0. The van der Waals surface area contributed by atoms with Crippen LogP contribution in [0.5, 0.6) is 0 Å². The Morgan fingerprint density at radius 3 is 1.00 bits per heavy atom. The Balaban J connectivity index is 0. The summed E-state index contributed by atoms with van der Waals surface area (Å²) in [5.74, 6) is 0. The minimum Gasteiger partial charge on any atom is 0 e. The fourth-order valence-electron chi connectivity index (χ4n) is 0. The summed E-state index contributed by atoms with van der Waals surface area (Å²) >= 11 is 0. The molecule has 0 fully saturated rings.